The summed E-state index contributed by atoms with van der Waals surface area (Å²) in [7, 11) is 0. The molecule has 0 unspecified atom stereocenters. The van der Waals surface area contributed by atoms with Gasteiger partial charge in [-0.1, -0.05) is 24.3 Å². The number of nitrogens with one attached hydrogen (secondary N) is 2. The van der Waals surface area contributed by atoms with Gasteiger partial charge in [0.15, 0.2) is 0 Å². The Morgan fingerprint density at radius 1 is 1.37 bits per heavy atom. The van der Waals surface area contributed by atoms with E-state index >= 15 is 0 Å². The first-order chi connectivity index (χ1) is 9.22. The third kappa shape index (κ3) is 2.38. The summed E-state index contributed by atoms with van der Waals surface area (Å²) in [6, 6.07) is 8.04. The molecule has 1 amide bonds. The minimum atomic E-state index is -0.351. The van der Waals surface area contributed by atoms with E-state index in [1.807, 2.05) is 12.1 Å². The van der Waals surface area contributed by atoms with Crippen molar-refractivity contribution in [1.82, 2.24) is 10.6 Å². The standard InChI is InChI=1S/C15H20N2O2/c18-10-15(6-3-7-15)17-14(19)13-8-11-4-1-2-5-12(11)9-16-13/h1-2,4-5,13,16,18H,3,6-10H2,(H,17,19)/t13-/m1/s1. The first-order valence-electron chi connectivity index (χ1n) is 6.95. The molecular weight excluding hydrogens is 240 g/mol. The quantitative estimate of drug-likeness (QED) is 0.751. The van der Waals surface area contributed by atoms with Crippen LogP contribution in [0.3, 0.4) is 0 Å². The van der Waals surface area contributed by atoms with Crippen LogP contribution in [0, 0.1) is 0 Å². The second-order valence-corrected chi connectivity index (χ2v) is 5.69. The SMILES string of the molecule is O=C(NC1(CO)CCC1)[C@H]1Cc2ccccc2CN1. The smallest absolute Gasteiger partial charge is 0.237 e. The van der Waals surface area contributed by atoms with Crippen molar-refractivity contribution in [2.75, 3.05) is 6.61 Å². The maximum atomic E-state index is 12.3. The van der Waals surface area contributed by atoms with Crippen LogP contribution in [0.25, 0.3) is 0 Å². The fraction of sp³-hybridized carbons (Fsp3) is 0.533. The van der Waals surface area contributed by atoms with Crippen LogP contribution in [0.2, 0.25) is 0 Å². The van der Waals surface area contributed by atoms with E-state index in [0.29, 0.717) is 0 Å². The number of carbonyl (C=O) groups is 1. The molecule has 1 aromatic carbocycles. The van der Waals surface area contributed by atoms with Gasteiger partial charge in [-0.3, -0.25) is 4.79 Å². The average molecular weight is 260 g/mol. The van der Waals surface area contributed by atoms with Gasteiger partial charge in [0, 0.05) is 6.54 Å². The molecule has 2 aliphatic rings. The summed E-state index contributed by atoms with van der Waals surface area (Å²) < 4.78 is 0. The minimum Gasteiger partial charge on any atom is -0.394 e. The molecule has 3 rings (SSSR count). The van der Waals surface area contributed by atoms with Crippen molar-refractivity contribution in [3.63, 3.8) is 0 Å². The Morgan fingerprint density at radius 3 is 2.74 bits per heavy atom. The van der Waals surface area contributed by atoms with E-state index in [1.165, 1.54) is 11.1 Å². The van der Waals surface area contributed by atoms with Crippen molar-refractivity contribution >= 4 is 5.91 Å². The molecule has 19 heavy (non-hydrogen) atoms. The molecule has 3 N–H and O–H groups in total. The monoisotopic (exact) mass is 260 g/mol. The predicted molar refractivity (Wildman–Crippen MR) is 72.6 cm³/mol. The van der Waals surface area contributed by atoms with Crippen molar-refractivity contribution in [3.8, 4) is 0 Å². The van der Waals surface area contributed by atoms with Crippen molar-refractivity contribution in [2.24, 2.45) is 0 Å². The normalized spacial score (nSPS) is 24.2. The zero-order valence-electron chi connectivity index (χ0n) is 11.0. The van der Waals surface area contributed by atoms with Gasteiger partial charge in [-0.25, -0.2) is 0 Å². The summed E-state index contributed by atoms with van der Waals surface area (Å²) >= 11 is 0. The molecule has 102 valence electrons. The molecule has 1 atom stereocenters. The molecule has 0 bridgehead atoms. The molecule has 0 radical (unpaired) electrons. The summed E-state index contributed by atoms with van der Waals surface area (Å²) in [6.07, 6.45) is 3.59. The van der Waals surface area contributed by atoms with Gasteiger partial charge in [0.25, 0.3) is 0 Å². The molecule has 0 spiro atoms. The Bertz CT molecular complexity index is 477. The van der Waals surface area contributed by atoms with Gasteiger partial charge in [0.1, 0.15) is 0 Å². The van der Waals surface area contributed by atoms with Crippen LogP contribution < -0.4 is 10.6 Å². The van der Waals surface area contributed by atoms with E-state index < -0.39 is 0 Å². The van der Waals surface area contributed by atoms with Gasteiger partial charge in [0.2, 0.25) is 5.91 Å². The van der Waals surface area contributed by atoms with Gasteiger partial charge in [-0.05, 0) is 36.8 Å². The number of rotatable bonds is 3. The summed E-state index contributed by atoms with van der Waals surface area (Å²) in [5.41, 5.74) is 2.16. The Balaban J connectivity index is 1.66. The van der Waals surface area contributed by atoms with Crippen LogP contribution in [0.4, 0.5) is 0 Å². The molecule has 1 aromatic rings. The zero-order chi connectivity index (χ0) is 13.3. The third-order valence-electron chi connectivity index (χ3n) is 4.40. The summed E-state index contributed by atoms with van der Waals surface area (Å²) in [5, 5.41) is 15.7. The number of aliphatic hydroxyl groups excluding tert-OH is 1. The molecule has 1 aliphatic carbocycles. The Kier molecular flexibility index (Phi) is 3.29. The molecule has 4 heteroatoms. The first kappa shape index (κ1) is 12.6. The van der Waals surface area contributed by atoms with E-state index in [9.17, 15) is 9.90 Å². The highest BCUT2D eigenvalue weighted by Gasteiger charge is 2.39. The average Bonchev–Trinajstić information content (AvgIpc) is 2.42. The number of aliphatic hydroxyl groups is 1. The fourth-order valence-electron chi connectivity index (χ4n) is 2.91. The number of fused-ring (bicyclic) bond motifs is 1. The molecular formula is C15H20N2O2. The highest BCUT2D eigenvalue weighted by molar-refractivity contribution is 5.83. The predicted octanol–water partition coefficient (Wildman–Crippen LogP) is 0.732. The lowest BCUT2D eigenvalue weighted by Gasteiger charge is -2.42. The van der Waals surface area contributed by atoms with Gasteiger partial charge < -0.3 is 15.7 Å². The van der Waals surface area contributed by atoms with Crippen LogP contribution in [0.5, 0.6) is 0 Å². The summed E-state index contributed by atoms with van der Waals surface area (Å²) in [6.45, 7) is 0.780. The van der Waals surface area contributed by atoms with Crippen LogP contribution >= 0.6 is 0 Å². The number of hydrogen-bond acceptors (Lipinski definition) is 3. The molecule has 1 heterocycles. The Hall–Kier alpha value is -1.39. The summed E-state index contributed by atoms with van der Waals surface area (Å²) in [5.74, 6) is 0.0169. The highest BCUT2D eigenvalue weighted by atomic mass is 16.3. The Labute approximate surface area is 113 Å². The molecule has 0 aromatic heterocycles. The van der Waals surface area contributed by atoms with Crippen molar-refractivity contribution in [3.05, 3.63) is 35.4 Å². The lowest BCUT2D eigenvalue weighted by Crippen LogP contribution is -2.60. The minimum absolute atomic E-state index is 0.0169. The maximum absolute atomic E-state index is 12.3. The van der Waals surface area contributed by atoms with Crippen LogP contribution in [-0.4, -0.2) is 29.2 Å². The van der Waals surface area contributed by atoms with Crippen LogP contribution in [-0.2, 0) is 17.8 Å². The topological polar surface area (TPSA) is 61.4 Å². The third-order valence-corrected chi connectivity index (χ3v) is 4.40. The lowest BCUT2D eigenvalue weighted by molar-refractivity contribution is -0.127. The molecule has 0 saturated heterocycles. The van der Waals surface area contributed by atoms with Gasteiger partial charge >= 0.3 is 0 Å². The number of hydrogen-bond donors (Lipinski definition) is 3. The van der Waals surface area contributed by atoms with Gasteiger partial charge in [0.05, 0.1) is 18.2 Å². The van der Waals surface area contributed by atoms with E-state index in [2.05, 4.69) is 22.8 Å². The van der Waals surface area contributed by atoms with E-state index in [4.69, 9.17) is 0 Å². The summed E-state index contributed by atoms with van der Waals surface area (Å²) in [4.78, 5) is 12.3. The first-order valence-corrected chi connectivity index (χ1v) is 6.95. The largest absolute Gasteiger partial charge is 0.394 e. The van der Waals surface area contributed by atoms with E-state index in [1.54, 1.807) is 0 Å². The number of amides is 1. The van der Waals surface area contributed by atoms with E-state index in [-0.39, 0.29) is 24.1 Å². The number of carbonyl (C=O) groups excluding carboxylic acids is 1. The zero-order valence-corrected chi connectivity index (χ0v) is 11.0. The highest BCUT2D eigenvalue weighted by Crippen LogP contribution is 2.31. The van der Waals surface area contributed by atoms with E-state index in [0.717, 1.165) is 32.2 Å². The molecule has 1 fully saturated rings. The molecule has 1 aliphatic heterocycles. The van der Waals surface area contributed by atoms with Crippen LogP contribution in [0.15, 0.2) is 24.3 Å². The molecule has 4 nitrogen and oxygen atoms in total. The van der Waals surface area contributed by atoms with Gasteiger partial charge in [-0.2, -0.15) is 0 Å². The van der Waals surface area contributed by atoms with Gasteiger partial charge in [-0.15, -0.1) is 0 Å². The number of benzene rings is 1. The van der Waals surface area contributed by atoms with Crippen molar-refractivity contribution in [2.45, 2.75) is 43.8 Å². The van der Waals surface area contributed by atoms with Crippen LogP contribution in [0.1, 0.15) is 30.4 Å². The lowest BCUT2D eigenvalue weighted by atomic mass is 9.77. The maximum Gasteiger partial charge on any atom is 0.237 e. The van der Waals surface area contributed by atoms with Crippen molar-refractivity contribution < 1.29 is 9.90 Å². The fourth-order valence-corrected chi connectivity index (χ4v) is 2.91. The second kappa shape index (κ2) is 4.94. The van der Waals surface area contributed by atoms with Crippen molar-refractivity contribution in [1.29, 1.82) is 0 Å². The second-order valence-electron chi connectivity index (χ2n) is 5.69. The Morgan fingerprint density at radius 2 is 2.11 bits per heavy atom. The molecule has 1 saturated carbocycles.